The number of carboxylic acid groups (broad SMARTS) is 1. The molecule has 39 heavy (non-hydrogen) atoms. The maximum absolute atomic E-state index is 13.4. The Bertz CT molecular complexity index is 1100. The molecule has 0 radical (unpaired) electrons. The van der Waals surface area contributed by atoms with Crippen molar-refractivity contribution in [1.29, 1.82) is 0 Å². The Morgan fingerprint density at radius 1 is 1.33 bits per heavy atom. The fourth-order valence-corrected chi connectivity index (χ4v) is 7.03. The number of allylic oxidation sites excluding steroid dienone is 1. The molecule has 0 unspecified atom stereocenters. The Labute approximate surface area is 229 Å². The van der Waals surface area contributed by atoms with Crippen molar-refractivity contribution in [1.82, 2.24) is 9.88 Å². The van der Waals surface area contributed by atoms with Gasteiger partial charge in [-0.3, -0.25) is 4.90 Å². The lowest BCUT2D eigenvalue weighted by atomic mass is 9.67. The van der Waals surface area contributed by atoms with Crippen molar-refractivity contribution < 1.29 is 32.9 Å². The second-order valence-electron chi connectivity index (χ2n) is 12.5. The van der Waals surface area contributed by atoms with Gasteiger partial charge in [0.15, 0.2) is 0 Å². The molecule has 1 spiro atoms. The monoisotopic (exact) mass is 549 g/mol. The van der Waals surface area contributed by atoms with E-state index in [0.717, 1.165) is 18.4 Å². The molecule has 5 rings (SSSR count). The molecular weight excluding hydrogens is 508 g/mol. The number of rotatable bonds is 9. The topological polar surface area (TPSA) is 91.0 Å². The van der Waals surface area contributed by atoms with Gasteiger partial charge in [-0.25, -0.2) is 18.6 Å². The molecule has 7 atom stereocenters. The first kappa shape index (κ1) is 28.2. The minimum absolute atomic E-state index is 0.0275. The van der Waals surface area contributed by atoms with Crippen molar-refractivity contribution in [2.75, 3.05) is 31.7 Å². The molecule has 1 aromatic rings. The summed E-state index contributed by atoms with van der Waals surface area (Å²) in [5.41, 5.74) is 1.13. The molecule has 0 aromatic carbocycles. The zero-order valence-electron chi connectivity index (χ0n) is 23.7. The molecule has 3 saturated heterocycles. The van der Waals surface area contributed by atoms with Gasteiger partial charge >= 0.3 is 6.09 Å². The molecule has 1 N–H and O–H groups in total. The predicted molar refractivity (Wildman–Crippen MR) is 142 cm³/mol. The number of methoxy groups -OCH3 is 1. The lowest BCUT2D eigenvalue weighted by molar-refractivity contribution is -0.102. The Morgan fingerprint density at radius 2 is 2.03 bits per heavy atom. The molecule has 1 saturated carbocycles. The Morgan fingerprint density at radius 3 is 2.51 bits per heavy atom. The van der Waals surface area contributed by atoms with Crippen LogP contribution in [0.1, 0.15) is 65.5 Å². The third-order valence-electron chi connectivity index (χ3n) is 9.05. The lowest BCUT2D eigenvalue weighted by Crippen LogP contribution is -2.61. The third-order valence-corrected chi connectivity index (χ3v) is 9.05. The summed E-state index contributed by atoms with van der Waals surface area (Å²) >= 11 is 0. The Kier molecular flexibility index (Phi) is 7.21. The highest BCUT2D eigenvalue weighted by Gasteiger charge is 2.72. The van der Waals surface area contributed by atoms with Gasteiger partial charge in [-0.15, -0.1) is 0 Å². The van der Waals surface area contributed by atoms with E-state index < -0.39 is 35.8 Å². The van der Waals surface area contributed by atoms with Crippen LogP contribution < -0.4 is 4.90 Å². The van der Waals surface area contributed by atoms with Crippen LogP contribution in [0.15, 0.2) is 30.0 Å². The first-order valence-corrected chi connectivity index (χ1v) is 13.9. The summed E-state index contributed by atoms with van der Waals surface area (Å²) in [4.78, 5) is 20.4. The fraction of sp³-hybridized carbons (Fsp3) is 0.724. The van der Waals surface area contributed by atoms with E-state index >= 15 is 0 Å². The van der Waals surface area contributed by atoms with Crippen LogP contribution in [0.3, 0.4) is 0 Å². The first-order chi connectivity index (χ1) is 18.3. The normalized spacial score (nSPS) is 35.4. The highest BCUT2D eigenvalue weighted by molar-refractivity contribution is 5.66. The minimum atomic E-state index is -2.69. The second kappa shape index (κ2) is 9.96. The molecule has 1 aromatic heterocycles. The standard InChI is InChI=1S/C29H41F2N3O5/c1-17(2)7-9-21-27(5,39-21)25-24(37-6)20(11-12-28(25)16-38-28)34(26(35)36)23(18(3)4)19-8-10-22(32-13-19)33-14-29(30,31)15-33/h7-8,10,13,18,20-21,23-25H,9,11-12,14-16H2,1-6H3,(H,35,36)/t20-,21-,23+,24-,25-,27+,28+/m1/s1. The quantitative estimate of drug-likeness (QED) is 0.331. The molecule has 3 aliphatic heterocycles. The number of nitrogens with zero attached hydrogens (tertiary/aromatic N) is 3. The second-order valence-corrected chi connectivity index (χ2v) is 12.5. The van der Waals surface area contributed by atoms with Crippen molar-refractivity contribution in [3.8, 4) is 0 Å². The first-order valence-electron chi connectivity index (χ1n) is 13.9. The van der Waals surface area contributed by atoms with Gasteiger partial charge in [0, 0.05) is 19.2 Å². The summed E-state index contributed by atoms with van der Waals surface area (Å²) in [6.45, 7) is 10.1. The van der Waals surface area contributed by atoms with Gasteiger partial charge in [0.25, 0.3) is 5.92 Å². The highest BCUT2D eigenvalue weighted by Crippen LogP contribution is 2.60. The number of alkyl halides is 2. The van der Waals surface area contributed by atoms with E-state index in [4.69, 9.17) is 14.2 Å². The largest absolute Gasteiger partial charge is 0.465 e. The number of pyridine rings is 1. The van der Waals surface area contributed by atoms with Crippen LogP contribution in [0.2, 0.25) is 0 Å². The molecule has 1 amide bonds. The van der Waals surface area contributed by atoms with Crippen molar-refractivity contribution in [2.24, 2.45) is 11.8 Å². The van der Waals surface area contributed by atoms with E-state index in [1.165, 1.54) is 15.4 Å². The maximum atomic E-state index is 13.4. The van der Waals surface area contributed by atoms with E-state index in [1.54, 1.807) is 19.4 Å². The van der Waals surface area contributed by atoms with Crippen LogP contribution in [0.4, 0.5) is 19.4 Å². The Hall–Kier alpha value is -2.30. The number of hydrogen-bond acceptors (Lipinski definition) is 6. The van der Waals surface area contributed by atoms with Crippen LogP contribution in [-0.4, -0.2) is 83.3 Å². The van der Waals surface area contributed by atoms with Gasteiger partial charge in [0.1, 0.15) is 11.4 Å². The molecule has 4 aliphatic rings. The van der Waals surface area contributed by atoms with Crippen molar-refractivity contribution in [3.63, 3.8) is 0 Å². The molecule has 10 heteroatoms. The molecule has 216 valence electrons. The molecular formula is C29H41F2N3O5. The van der Waals surface area contributed by atoms with Crippen molar-refractivity contribution >= 4 is 11.9 Å². The van der Waals surface area contributed by atoms with Gasteiger partial charge < -0.3 is 24.2 Å². The number of anilines is 1. The van der Waals surface area contributed by atoms with E-state index in [0.29, 0.717) is 18.8 Å². The number of halogens is 2. The molecule has 1 aliphatic carbocycles. The van der Waals surface area contributed by atoms with Crippen molar-refractivity contribution in [3.05, 3.63) is 35.5 Å². The highest BCUT2D eigenvalue weighted by atomic mass is 19.3. The van der Waals surface area contributed by atoms with E-state index in [2.05, 4.69) is 31.8 Å². The molecule has 4 fully saturated rings. The van der Waals surface area contributed by atoms with Gasteiger partial charge in [0.05, 0.1) is 49.6 Å². The van der Waals surface area contributed by atoms with Crippen molar-refractivity contribution in [2.45, 2.75) is 95.3 Å². The SMILES string of the molecule is CO[C@@H]1[C@H](N(C(=O)O)[C@H](c2ccc(N3CC(F)(F)C3)nc2)C(C)C)CC[C@]2(CO2)[C@H]1[C@@]1(C)O[C@@H]1CC=C(C)C. The predicted octanol–water partition coefficient (Wildman–Crippen LogP) is 5.29. The molecule has 4 heterocycles. The van der Waals surface area contributed by atoms with E-state index in [9.17, 15) is 18.7 Å². The van der Waals surface area contributed by atoms with Crippen LogP contribution in [0, 0.1) is 11.8 Å². The number of ether oxygens (including phenoxy) is 3. The molecule has 0 bridgehead atoms. The zero-order valence-corrected chi connectivity index (χ0v) is 23.7. The van der Waals surface area contributed by atoms with E-state index in [1.807, 2.05) is 19.9 Å². The summed E-state index contributed by atoms with van der Waals surface area (Å²) < 4.78 is 45.3. The molecule has 8 nitrogen and oxygen atoms in total. The summed E-state index contributed by atoms with van der Waals surface area (Å²) in [7, 11) is 1.65. The van der Waals surface area contributed by atoms with Crippen LogP contribution in [0.25, 0.3) is 0 Å². The average Bonchev–Trinajstić information content (AvgIpc) is 3.76. The smallest absolute Gasteiger partial charge is 0.408 e. The number of epoxide rings is 2. The number of carbonyl (C=O) groups is 1. The van der Waals surface area contributed by atoms with Crippen LogP contribution in [0.5, 0.6) is 0 Å². The summed E-state index contributed by atoms with van der Waals surface area (Å²) in [6, 6.07) is 2.61. The van der Waals surface area contributed by atoms with E-state index in [-0.39, 0.29) is 36.6 Å². The van der Waals surface area contributed by atoms with Gasteiger partial charge in [0.2, 0.25) is 0 Å². The number of hydrogen-bond donors (Lipinski definition) is 1. The van der Waals surface area contributed by atoms with Gasteiger partial charge in [-0.1, -0.05) is 31.6 Å². The number of amides is 1. The Balaban J connectivity index is 1.43. The van der Waals surface area contributed by atoms with Gasteiger partial charge in [-0.05, 0) is 57.6 Å². The lowest BCUT2D eigenvalue weighted by Gasteiger charge is -2.49. The van der Waals surface area contributed by atoms with Crippen LogP contribution in [-0.2, 0) is 14.2 Å². The number of aromatic nitrogens is 1. The summed E-state index contributed by atoms with van der Waals surface area (Å²) in [6.07, 6.45) is 4.51. The van der Waals surface area contributed by atoms with Crippen LogP contribution >= 0.6 is 0 Å². The third kappa shape index (κ3) is 5.15. The minimum Gasteiger partial charge on any atom is -0.465 e. The van der Waals surface area contributed by atoms with Gasteiger partial charge in [-0.2, -0.15) is 0 Å². The fourth-order valence-electron chi connectivity index (χ4n) is 7.03. The maximum Gasteiger partial charge on any atom is 0.408 e. The zero-order chi connectivity index (χ0) is 28.3. The summed E-state index contributed by atoms with van der Waals surface area (Å²) in [5, 5.41) is 10.6. The average molecular weight is 550 g/mol. The summed E-state index contributed by atoms with van der Waals surface area (Å²) in [5.74, 6) is -2.41.